The van der Waals surface area contributed by atoms with Crippen molar-refractivity contribution in [2.24, 2.45) is 7.05 Å². The van der Waals surface area contributed by atoms with Crippen LogP contribution in [0.15, 0.2) is 48.8 Å². The predicted octanol–water partition coefficient (Wildman–Crippen LogP) is 4.92. The summed E-state index contributed by atoms with van der Waals surface area (Å²) in [4.78, 5) is 21.1. The molecule has 9 heteroatoms. The second-order valence-corrected chi connectivity index (χ2v) is 7.25. The van der Waals surface area contributed by atoms with E-state index in [4.69, 9.17) is 0 Å². The quantitative estimate of drug-likeness (QED) is 0.506. The fourth-order valence-corrected chi connectivity index (χ4v) is 3.30. The Kier molecular flexibility index (Phi) is 4.96. The summed E-state index contributed by atoms with van der Waals surface area (Å²) >= 11 is 0. The van der Waals surface area contributed by atoms with Gasteiger partial charge in [0.05, 0.1) is 22.3 Å². The first-order chi connectivity index (χ1) is 14.6. The number of rotatable bonds is 3. The molecule has 31 heavy (non-hydrogen) atoms. The molecule has 0 radical (unpaired) electrons. The van der Waals surface area contributed by atoms with Crippen LogP contribution in [0.25, 0.3) is 22.3 Å². The molecule has 0 aliphatic carbocycles. The van der Waals surface area contributed by atoms with Gasteiger partial charge in [0.2, 0.25) is 0 Å². The molecule has 0 saturated carbocycles. The smallest absolute Gasteiger partial charge is 0.322 e. The Morgan fingerprint density at radius 1 is 1.10 bits per heavy atom. The van der Waals surface area contributed by atoms with Gasteiger partial charge in [-0.05, 0) is 55.8 Å². The molecule has 0 aliphatic heterocycles. The monoisotopic (exact) mass is 425 g/mol. The number of hydrogen-bond acceptors (Lipinski definition) is 4. The average molecular weight is 425 g/mol. The van der Waals surface area contributed by atoms with E-state index >= 15 is 0 Å². The van der Waals surface area contributed by atoms with E-state index in [2.05, 4.69) is 20.4 Å². The van der Waals surface area contributed by atoms with Crippen molar-refractivity contribution in [1.82, 2.24) is 19.7 Å². The van der Waals surface area contributed by atoms with Crippen LogP contribution < -0.4 is 5.32 Å². The van der Waals surface area contributed by atoms with Crippen LogP contribution >= 0.6 is 0 Å². The molecule has 0 fully saturated rings. The maximum Gasteiger partial charge on any atom is 0.416 e. The van der Waals surface area contributed by atoms with Gasteiger partial charge in [-0.3, -0.25) is 9.48 Å². The number of hydrogen-bond donors (Lipinski definition) is 1. The van der Waals surface area contributed by atoms with Crippen LogP contribution in [0.2, 0.25) is 0 Å². The number of halogens is 3. The Morgan fingerprint density at radius 3 is 2.52 bits per heavy atom. The van der Waals surface area contributed by atoms with Gasteiger partial charge in [-0.1, -0.05) is 0 Å². The van der Waals surface area contributed by atoms with Crippen molar-refractivity contribution in [3.63, 3.8) is 0 Å². The molecule has 2 aromatic carbocycles. The van der Waals surface area contributed by atoms with Crippen LogP contribution in [0.3, 0.4) is 0 Å². The minimum Gasteiger partial charge on any atom is -0.322 e. The Bertz CT molecular complexity index is 1310. The lowest BCUT2D eigenvalue weighted by Gasteiger charge is -2.11. The summed E-state index contributed by atoms with van der Waals surface area (Å²) in [5, 5.41) is 7.35. The highest BCUT2D eigenvalue weighted by Crippen LogP contribution is 2.31. The molecule has 2 aromatic heterocycles. The number of aryl methyl sites for hydroxylation is 3. The maximum absolute atomic E-state index is 12.9. The van der Waals surface area contributed by atoms with Crippen LogP contribution in [-0.4, -0.2) is 25.7 Å². The largest absolute Gasteiger partial charge is 0.416 e. The van der Waals surface area contributed by atoms with Gasteiger partial charge >= 0.3 is 6.18 Å². The number of fused-ring (bicyclic) bond motifs is 1. The number of nitrogens with one attached hydrogen (secondary N) is 1. The molecule has 6 nitrogen and oxygen atoms in total. The molecule has 4 rings (SSSR count). The fraction of sp³-hybridized carbons (Fsp3) is 0.182. The first kappa shape index (κ1) is 20.5. The molecular weight excluding hydrogens is 407 g/mol. The number of carbonyl (C=O) groups excluding carboxylic acids is 1. The molecule has 0 atom stereocenters. The number of alkyl halides is 3. The highest BCUT2D eigenvalue weighted by molar-refractivity contribution is 6.05. The summed E-state index contributed by atoms with van der Waals surface area (Å²) in [6.07, 6.45) is -1.39. The van der Waals surface area contributed by atoms with Gasteiger partial charge in [-0.2, -0.15) is 18.3 Å². The number of benzene rings is 2. The third kappa shape index (κ3) is 4.11. The second kappa shape index (κ2) is 7.50. The van der Waals surface area contributed by atoms with Crippen LogP contribution in [0.5, 0.6) is 0 Å². The second-order valence-electron chi connectivity index (χ2n) is 7.25. The summed E-state index contributed by atoms with van der Waals surface area (Å²) in [6.45, 7) is 3.60. The summed E-state index contributed by atoms with van der Waals surface area (Å²) < 4.78 is 40.2. The lowest BCUT2D eigenvalue weighted by atomic mass is 10.1. The lowest BCUT2D eigenvalue weighted by molar-refractivity contribution is -0.137. The highest BCUT2D eigenvalue weighted by atomic mass is 19.4. The molecule has 0 saturated heterocycles. The van der Waals surface area contributed by atoms with Gasteiger partial charge in [0.1, 0.15) is 0 Å². The molecule has 158 valence electrons. The lowest BCUT2D eigenvalue weighted by Crippen LogP contribution is -2.13. The van der Waals surface area contributed by atoms with Crippen molar-refractivity contribution in [1.29, 1.82) is 0 Å². The summed E-state index contributed by atoms with van der Waals surface area (Å²) in [7, 11) is 1.75. The van der Waals surface area contributed by atoms with Crippen LogP contribution in [-0.2, 0) is 13.2 Å². The third-order valence-corrected chi connectivity index (χ3v) is 4.90. The molecule has 0 bridgehead atoms. The zero-order chi connectivity index (χ0) is 22.3. The van der Waals surface area contributed by atoms with Crippen LogP contribution in [0.1, 0.15) is 27.2 Å². The Labute approximate surface area is 175 Å². The minimum atomic E-state index is -4.42. The number of aromatic nitrogens is 4. The number of nitrogens with zero attached hydrogens (tertiary/aromatic N) is 4. The summed E-state index contributed by atoms with van der Waals surface area (Å²) in [5.74, 6) is 0.125. The molecule has 4 aromatic rings. The first-order valence-electron chi connectivity index (χ1n) is 9.38. The van der Waals surface area contributed by atoms with E-state index in [1.165, 1.54) is 12.3 Å². The van der Waals surface area contributed by atoms with Crippen molar-refractivity contribution >= 4 is 22.5 Å². The summed E-state index contributed by atoms with van der Waals surface area (Å²) in [5.41, 5.74) is 2.91. The zero-order valence-electron chi connectivity index (χ0n) is 16.9. The van der Waals surface area contributed by atoms with E-state index in [9.17, 15) is 18.0 Å². The third-order valence-electron chi connectivity index (χ3n) is 4.90. The van der Waals surface area contributed by atoms with E-state index < -0.39 is 11.7 Å². The SMILES string of the molecule is Cc1cc(-c2ncc3cc(C(F)(F)F)ccc3n2)ccc1NC(=O)c1cn(C)nc1C. The van der Waals surface area contributed by atoms with Gasteiger partial charge in [0.15, 0.2) is 5.82 Å². The maximum atomic E-state index is 12.9. The molecule has 0 unspecified atom stereocenters. The van der Waals surface area contributed by atoms with Gasteiger partial charge < -0.3 is 5.32 Å². The van der Waals surface area contributed by atoms with Crippen molar-refractivity contribution in [2.75, 3.05) is 5.32 Å². The number of amides is 1. The van der Waals surface area contributed by atoms with Crippen molar-refractivity contribution in [2.45, 2.75) is 20.0 Å². The molecule has 2 heterocycles. The van der Waals surface area contributed by atoms with E-state index in [1.807, 2.05) is 13.0 Å². The van der Waals surface area contributed by atoms with Gasteiger partial charge in [-0.15, -0.1) is 0 Å². The Balaban J connectivity index is 1.60. The molecular formula is C22H18F3N5O. The van der Waals surface area contributed by atoms with Crippen LogP contribution in [0.4, 0.5) is 18.9 Å². The van der Waals surface area contributed by atoms with E-state index in [0.717, 1.165) is 17.7 Å². The van der Waals surface area contributed by atoms with Crippen molar-refractivity contribution < 1.29 is 18.0 Å². The van der Waals surface area contributed by atoms with Crippen molar-refractivity contribution in [3.8, 4) is 11.4 Å². The standard InChI is InChI=1S/C22H18F3N5O/c1-12-8-14(4-6-18(12)28-21(31)17-11-30(3)29-13(17)2)20-26-10-15-9-16(22(23,24)25)5-7-19(15)27-20/h4-11H,1-3H3,(H,28,31). The van der Waals surface area contributed by atoms with Crippen molar-refractivity contribution in [3.05, 3.63) is 71.2 Å². The Hall–Kier alpha value is -3.75. The average Bonchev–Trinajstić information content (AvgIpc) is 3.06. The Morgan fingerprint density at radius 2 is 1.87 bits per heavy atom. The minimum absolute atomic E-state index is 0.260. The zero-order valence-corrected chi connectivity index (χ0v) is 16.9. The van der Waals surface area contributed by atoms with Crippen LogP contribution in [0, 0.1) is 13.8 Å². The van der Waals surface area contributed by atoms with E-state index in [-0.39, 0.29) is 5.91 Å². The van der Waals surface area contributed by atoms with Gasteiger partial charge in [-0.25, -0.2) is 9.97 Å². The predicted molar refractivity (Wildman–Crippen MR) is 111 cm³/mol. The number of anilines is 1. The van der Waals surface area contributed by atoms with E-state index in [0.29, 0.717) is 39.2 Å². The van der Waals surface area contributed by atoms with E-state index in [1.54, 1.807) is 37.0 Å². The van der Waals surface area contributed by atoms with Gasteiger partial charge in [0.25, 0.3) is 5.91 Å². The number of carbonyl (C=O) groups is 1. The highest BCUT2D eigenvalue weighted by Gasteiger charge is 2.30. The molecule has 0 spiro atoms. The molecule has 1 amide bonds. The fourth-order valence-electron chi connectivity index (χ4n) is 3.30. The summed E-state index contributed by atoms with van der Waals surface area (Å²) in [6, 6.07) is 8.68. The topological polar surface area (TPSA) is 72.7 Å². The first-order valence-corrected chi connectivity index (χ1v) is 9.38. The molecule has 0 aliphatic rings. The molecule has 1 N–H and O–H groups in total. The van der Waals surface area contributed by atoms with Gasteiger partial charge in [0, 0.05) is 36.1 Å². The normalized spacial score (nSPS) is 11.7.